The number of rotatable bonds is 0. The van der Waals surface area contributed by atoms with Crippen molar-refractivity contribution in [1.29, 1.82) is 0 Å². The highest BCUT2D eigenvalue weighted by Gasteiger charge is 2.40. The van der Waals surface area contributed by atoms with Crippen molar-refractivity contribution in [2.45, 2.75) is 18.4 Å². The molecule has 2 atom stereocenters. The Labute approximate surface area is 66.6 Å². The van der Waals surface area contributed by atoms with Gasteiger partial charge in [0.05, 0.1) is 5.57 Å². The minimum atomic E-state index is -4.58. The molecular formula is C7H7F3O2. The number of hydrogen-bond donors (Lipinski definition) is 2. The Balaban J connectivity index is 2.90. The van der Waals surface area contributed by atoms with Crippen molar-refractivity contribution in [3.63, 3.8) is 0 Å². The molecule has 0 aliphatic heterocycles. The third-order valence-electron chi connectivity index (χ3n) is 1.55. The Bertz CT molecular complexity index is 229. The molecule has 5 heteroatoms. The maximum atomic E-state index is 12.0. The van der Waals surface area contributed by atoms with Gasteiger partial charge < -0.3 is 10.2 Å². The van der Waals surface area contributed by atoms with E-state index in [2.05, 4.69) is 0 Å². The van der Waals surface area contributed by atoms with Crippen LogP contribution < -0.4 is 0 Å². The van der Waals surface area contributed by atoms with E-state index < -0.39 is 24.0 Å². The van der Waals surface area contributed by atoms with Crippen LogP contribution in [0.4, 0.5) is 13.2 Å². The zero-order valence-corrected chi connectivity index (χ0v) is 5.92. The smallest absolute Gasteiger partial charge is 0.386 e. The first-order chi connectivity index (χ1) is 5.43. The van der Waals surface area contributed by atoms with Gasteiger partial charge in [0.1, 0.15) is 12.2 Å². The summed E-state index contributed by atoms with van der Waals surface area (Å²) in [5.74, 6) is 0. The minimum Gasteiger partial charge on any atom is -0.386 e. The Hall–Kier alpha value is -0.810. The highest BCUT2D eigenvalue weighted by Crippen LogP contribution is 2.31. The molecule has 0 heterocycles. The molecule has 2 nitrogen and oxygen atoms in total. The molecule has 68 valence electrons. The molecule has 0 radical (unpaired) electrons. The first kappa shape index (κ1) is 9.28. The zero-order chi connectivity index (χ0) is 9.35. The molecule has 12 heavy (non-hydrogen) atoms. The summed E-state index contributed by atoms with van der Waals surface area (Å²) in [6.07, 6.45) is -5.00. The van der Waals surface area contributed by atoms with Crippen molar-refractivity contribution in [3.05, 3.63) is 23.8 Å². The standard InChI is InChI=1S/C7H7F3O2/c8-7(9,10)4-2-1-3-5(11)6(4)12/h1-3,5-6,11-12H/t5-,6+/m1/s1. The maximum Gasteiger partial charge on any atom is 0.415 e. The van der Waals surface area contributed by atoms with E-state index in [-0.39, 0.29) is 0 Å². The van der Waals surface area contributed by atoms with E-state index in [1.54, 1.807) is 0 Å². The van der Waals surface area contributed by atoms with E-state index in [1.807, 2.05) is 0 Å². The van der Waals surface area contributed by atoms with Crippen molar-refractivity contribution in [3.8, 4) is 0 Å². The van der Waals surface area contributed by atoms with Gasteiger partial charge in [-0.1, -0.05) is 18.2 Å². The van der Waals surface area contributed by atoms with Crippen LogP contribution in [0.25, 0.3) is 0 Å². The molecule has 0 bridgehead atoms. The van der Waals surface area contributed by atoms with Crippen LogP contribution in [0.3, 0.4) is 0 Å². The van der Waals surface area contributed by atoms with Gasteiger partial charge in [0.25, 0.3) is 0 Å². The predicted molar refractivity (Wildman–Crippen MR) is 35.3 cm³/mol. The van der Waals surface area contributed by atoms with Gasteiger partial charge >= 0.3 is 6.18 Å². The molecule has 1 aliphatic rings. The fourth-order valence-electron chi connectivity index (χ4n) is 0.923. The second-order valence-electron chi connectivity index (χ2n) is 2.44. The maximum absolute atomic E-state index is 12.0. The number of halogens is 3. The van der Waals surface area contributed by atoms with Gasteiger partial charge in [0, 0.05) is 0 Å². The van der Waals surface area contributed by atoms with E-state index in [1.165, 1.54) is 0 Å². The zero-order valence-electron chi connectivity index (χ0n) is 5.92. The molecule has 0 fully saturated rings. The Kier molecular flexibility index (Phi) is 2.25. The molecule has 0 aromatic carbocycles. The summed E-state index contributed by atoms with van der Waals surface area (Å²) in [5.41, 5.74) is -1.11. The lowest BCUT2D eigenvalue weighted by Crippen LogP contribution is -2.34. The van der Waals surface area contributed by atoms with Crippen LogP contribution >= 0.6 is 0 Å². The third kappa shape index (κ3) is 1.67. The van der Waals surface area contributed by atoms with Gasteiger partial charge in [-0.3, -0.25) is 0 Å². The number of alkyl halides is 3. The fourth-order valence-corrected chi connectivity index (χ4v) is 0.923. The molecule has 1 aliphatic carbocycles. The van der Waals surface area contributed by atoms with Gasteiger partial charge in [0.2, 0.25) is 0 Å². The Morgan fingerprint density at radius 2 is 1.83 bits per heavy atom. The van der Waals surface area contributed by atoms with E-state index in [0.717, 1.165) is 18.2 Å². The van der Waals surface area contributed by atoms with Crippen molar-refractivity contribution < 1.29 is 23.4 Å². The fraction of sp³-hybridized carbons (Fsp3) is 0.429. The van der Waals surface area contributed by atoms with Crippen LogP contribution in [-0.4, -0.2) is 28.6 Å². The quantitative estimate of drug-likeness (QED) is 0.578. The minimum absolute atomic E-state index is 0.747. The Morgan fingerprint density at radius 3 is 2.25 bits per heavy atom. The van der Waals surface area contributed by atoms with Gasteiger partial charge in [-0.15, -0.1) is 0 Å². The summed E-state index contributed by atoms with van der Waals surface area (Å²) in [4.78, 5) is 0. The number of aliphatic hydroxyl groups is 2. The molecule has 0 saturated carbocycles. The Morgan fingerprint density at radius 1 is 1.25 bits per heavy atom. The van der Waals surface area contributed by atoms with Crippen molar-refractivity contribution in [2.75, 3.05) is 0 Å². The number of aliphatic hydroxyl groups excluding tert-OH is 2. The summed E-state index contributed by atoms with van der Waals surface area (Å²) in [7, 11) is 0. The predicted octanol–water partition coefficient (Wildman–Crippen LogP) is 0.767. The lowest BCUT2D eigenvalue weighted by molar-refractivity contribution is -0.112. The van der Waals surface area contributed by atoms with Gasteiger partial charge in [-0.2, -0.15) is 13.2 Å². The summed E-state index contributed by atoms with van der Waals surface area (Å²) < 4.78 is 36.0. The molecular weight excluding hydrogens is 173 g/mol. The highest BCUT2D eigenvalue weighted by molar-refractivity contribution is 5.28. The molecule has 0 spiro atoms. The first-order valence-electron chi connectivity index (χ1n) is 3.24. The van der Waals surface area contributed by atoms with Crippen molar-refractivity contribution in [1.82, 2.24) is 0 Å². The summed E-state index contributed by atoms with van der Waals surface area (Å²) in [5, 5.41) is 17.7. The molecule has 0 saturated heterocycles. The van der Waals surface area contributed by atoms with Crippen LogP contribution in [0.15, 0.2) is 23.8 Å². The number of hydrogen-bond acceptors (Lipinski definition) is 2. The first-order valence-corrected chi connectivity index (χ1v) is 3.24. The third-order valence-corrected chi connectivity index (χ3v) is 1.55. The van der Waals surface area contributed by atoms with E-state index in [4.69, 9.17) is 10.2 Å². The highest BCUT2D eigenvalue weighted by atomic mass is 19.4. The van der Waals surface area contributed by atoms with E-state index >= 15 is 0 Å². The summed E-state index contributed by atoms with van der Waals surface area (Å²) in [6.45, 7) is 0. The average molecular weight is 180 g/mol. The summed E-state index contributed by atoms with van der Waals surface area (Å²) >= 11 is 0. The average Bonchev–Trinajstić information content (AvgIpc) is 1.92. The van der Waals surface area contributed by atoms with Gasteiger partial charge in [0.15, 0.2) is 0 Å². The molecule has 2 N–H and O–H groups in total. The topological polar surface area (TPSA) is 40.5 Å². The summed E-state index contributed by atoms with van der Waals surface area (Å²) in [6, 6.07) is 0. The van der Waals surface area contributed by atoms with Crippen molar-refractivity contribution in [2.24, 2.45) is 0 Å². The van der Waals surface area contributed by atoms with Crippen LogP contribution in [0.2, 0.25) is 0 Å². The number of allylic oxidation sites excluding steroid dienone is 2. The molecule has 1 rings (SSSR count). The van der Waals surface area contributed by atoms with Crippen LogP contribution in [0, 0.1) is 0 Å². The second kappa shape index (κ2) is 2.91. The van der Waals surface area contributed by atoms with Crippen molar-refractivity contribution >= 4 is 0 Å². The lowest BCUT2D eigenvalue weighted by Gasteiger charge is -2.22. The molecule has 0 aromatic rings. The normalized spacial score (nSPS) is 30.2. The van der Waals surface area contributed by atoms with Gasteiger partial charge in [-0.25, -0.2) is 0 Å². The molecule has 0 unspecified atom stereocenters. The van der Waals surface area contributed by atoms with E-state index in [9.17, 15) is 13.2 Å². The van der Waals surface area contributed by atoms with Crippen LogP contribution in [-0.2, 0) is 0 Å². The van der Waals surface area contributed by atoms with Crippen LogP contribution in [0.1, 0.15) is 0 Å². The lowest BCUT2D eigenvalue weighted by atomic mass is 9.99. The molecule has 0 amide bonds. The SMILES string of the molecule is O[C@@H]1C=CC=C(C(F)(F)F)[C@@H]1O. The monoisotopic (exact) mass is 180 g/mol. The molecule has 0 aromatic heterocycles. The van der Waals surface area contributed by atoms with Gasteiger partial charge in [-0.05, 0) is 0 Å². The van der Waals surface area contributed by atoms with Crippen LogP contribution in [0.5, 0.6) is 0 Å². The largest absolute Gasteiger partial charge is 0.415 e. The van der Waals surface area contributed by atoms with E-state index in [0.29, 0.717) is 0 Å². The second-order valence-corrected chi connectivity index (χ2v) is 2.44.